The third-order valence-corrected chi connectivity index (χ3v) is 14.0. The number of hydrogen-bond acceptors (Lipinski definition) is 6. The van der Waals surface area contributed by atoms with Gasteiger partial charge < -0.3 is 14.2 Å². The van der Waals surface area contributed by atoms with E-state index >= 15 is 0 Å². The van der Waals surface area contributed by atoms with Crippen LogP contribution in [0.15, 0.2) is 158 Å². The topological polar surface area (TPSA) is 78.9 Å². The van der Waals surface area contributed by atoms with Gasteiger partial charge in [0.25, 0.3) is 0 Å². The molecule has 0 aromatic carbocycles. The summed E-state index contributed by atoms with van der Waals surface area (Å²) < 4.78 is 16.9. The van der Waals surface area contributed by atoms with E-state index in [1.54, 1.807) is 0 Å². The molecule has 0 rings (SSSR count). The Morgan fingerprint density at radius 3 is 0.783 bits per heavy atom. The van der Waals surface area contributed by atoms with Crippen LogP contribution in [0.5, 0.6) is 0 Å². The Bertz CT molecular complexity index is 1840. The van der Waals surface area contributed by atoms with Crippen LogP contribution in [0, 0.1) is 0 Å². The average Bonchev–Trinajstić information content (AvgIpc) is 3.49. The van der Waals surface area contributed by atoms with Crippen molar-refractivity contribution in [2.24, 2.45) is 0 Å². The zero-order valence-electron chi connectivity index (χ0n) is 53.7. The first-order valence-electron chi connectivity index (χ1n) is 34.0. The fraction of sp³-hybridized carbons (Fsp3) is 0.623. The van der Waals surface area contributed by atoms with Crippen molar-refractivity contribution in [2.75, 3.05) is 13.2 Å². The molecule has 0 fully saturated rings. The average molecular weight is 1150 g/mol. The Kier molecular flexibility index (Phi) is 65.4. The highest BCUT2D eigenvalue weighted by atomic mass is 16.6. The van der Waals surface area contributed by atoms with Crippen LogP contribution in [-0.2, 0) is 28.6 Å². The first-order chi connectivity index (χ1) is 41.0. The first-order valence-corrected chi connectivity index (χ1v) is 34.0. The van der Waals surface area contributed by atoms with Crippen molar-refractivity contribution in [3.63, 3.8) is 0 Å². The quantitative estimate of drug-likeness (QED) is 0.0261. The molecule has 468 valence electrons. The summed E-state index contributed by atoms with van der Waals surface area (Å²) in [6.07, 6.45) is 101. The SMILES string of the molecule is CC/C=C\C/C=C\C/C=C\C/C=C\C/C=C\C/C=C\C/C=C\C/C=C\C/C=C\CCCC(=O)OCC(COC(=O)CCCCCCCCC/C=C\C/C=C\CCCCC)OC(=O)CCCCCCCCCCC/C=C\C/C=C\CCCCC. The van der Waals surface area contributed by atoms with E-state index in [0.717, 1.165) is 122 Å². The smallest absolute Gasteiger partial charge is 0.306 e. The Labute approximate surface area is 511 Å². The lowest BCUT2D eigenvalue weighted by molar-refractivity contribution is -0.167. The van der Waals surface area contributed by atoms with Crippen LogP contribution in [0.4, 0.5) is 0 Å². The second-order valence-corrected chi connectivity index (χ2v) is 22.0. The standard InChI is InChI=1S/C77H124O6/c1-4-7-10-13-16-19-22-25-28-31-33-34-35-36-37-38-39-40-41-42-44-46-49-52-55-58-61-64-67-70-76(79)82-73-74(72-81-75(78)69-66-63-60-57-54-51-48-45-30-27-24-21-18-15-12-9-6-3)83-77(80)71-68-65-62-59-56-53-50-47-43-32-29-26-23-20-17-14-11-8-5-2/h7,10,16-21,25-30,33-34,36-37,39-40,42,44,49,52,58,61,74H,4-6,8-9,11-15,22-24,31-32,35,38,41,43,45-48,50-51,53-57,59-60,62-73H2,1-3H3/b10-7-,19-16-,20-17-,21-18-,28-25-,29-26-,30-27-,34-33-,37-36-,40-39-,44-42-,52-49-,61-58-. The molecule has 0 radical (unpaired) electrons. The van der Waals surface area contributed by atoms with E-state index in [4.69, 9.17) is 14.2 Å². The summed E-state index contributed by atoms with van der Waals surface area (Å²) in [5.74, 6) is -0.980. The summed E-state index contributed by atoms with van der Waals surface area (Å²) in [6.45, 7) is 6.43. The molecule has 0 heterocycles. The molecule has 0 aliphatic heterocycles. The molecule has 0 saturated heterocycles. The number of rotatable bonds is 60. The predicted molar refractivity (Wildman–Crippen MR) is 362 cm³/mol. The summed E-state index contributed by atoms with van der Waals surface area (Å²) in [5.41, 5.74) is 0. The van der Waals surface area contributed by atoms with Crippen molar-refractivity contribution in [1.29, 1.82) is 0 Å². The lowest BCUT2D eigenvalue weighted by atomic mass is 10.1. The van der Waals surface area contributed by atoms with Crippen molar-refractivity contribution in [2.45, 2.75) is 297 Å². The Balaban J connectivity index is 4.50. The molecule has 0 aliphatic carbocycles. The van der Waals surface area contributed by atoms with E-state index in [1.165, 1.54) is 122 Å². The Morgan fingerprint density at radius 1 is 0.253 bits per heavy atom. The van der Waals surface area contributed by atoms with Gasteiger partial charge in [0.15, 0.2) is 6.10 Å². The van der Waals surface area contributed by atoms with Gasteiger partial charge in [0.1, 0.15) is 13.2 Å². The second-order valence-electron chi connectivity index (χ2n) is 22.0. The van der Waals surface area contributed by atoms with Crippen LogP contribution in [0.1, 0.15) is 290 Å². The molecule has 1 atom stereocenters. The lowest BCUT2D eigenvalue weighted by Crippen LogP contribution is -2.30. The molecule has 0 N–H and O–H groups in total. The first kappa shape index (κ1) is 78.0. The van der Waals surface area contributed by atoms with Gasteiger partial charge in [-0.25, -0.2) is 0 Å². The molecule has 0 bridgehead atoms. The molecule has 0 saturated carbocycles. The summed E-state index contributed by atoms with van der Waals surface area (Å²) in [7, 11) is 0. The maximum Gasteiger partial charge on any atom is 0.306 e. The van der Waals surface area contributed by atoms with E-state index < -0.39 is 6.10 Å². The number of esters is 3. The molecule has 1 unspecified atom stereocenters. The molecule has 0 spiro atoms. The maximum atomic E-state index is 12.9. The molecule has 0 amide bonds. The number of hydrogen-bond donors (Lipinski definition) is 0. The monoisotopic (exact) mass is 1140 g/mol. The fourth-order valence-corrected chi connectivity index (χ4v) is 8.92. The van der Waals surface area contributed by atoms with Crippen LogP contribution in [0.25, 0.3) is 0 Å². The van der Waals surface area contributed by atoms with E-state index in [0.29, 0.717) is 19.3 Å². The zero-order chi connectivity index (χ0) is 59.9. The number of carbonyl (C=O) groups is 3. The highest BCUT2D eigenvalue weighted by Crippen LogP contribution is 2.15. The van der Waals surface area contributed by atoms with Crippen LogP contribution < -0.4 is 0 Å². The number of allylic oxidation sites excluding steroid dienone is 26. The second kappa shape index (κ2) is 69.5. The van der Waals surface area contributed by atoms with Gasteiger partial charge >= 0.3 is 17.9 Å². The minimum Gasteiger partial charge on any atom is -0.462 e. The molecule has 6 nitrogen and oxygen atoms in total. The van der Waals surface area contributed by atoms with Crippen molar-refractivity contribution >= 4 is 17.9 Å². The largest absolute Gasteiger partial charge is 0.462 e. The van der Waals surface area contributed by atoms with Gasteiger partial charge in [-0.2, -0.15) is 0 Å². The molecule has 0 aliphatic rings. The van der Waals surface area contributed by atoms with Crippen molar-refractivity contribution < 1.29 is 28.6 Å². The molecular formula is C77H124O6. The number of carbonyl (C=O) groups excluding carboxylic acids is 3. The molecule has 83 heavy (non-hydrogen) atoms. The Morgan fingerprint density at radius 2 is 0.482 bits per heavy atom. The van der Waals surface area contributed by atoms with Gasteiger partial charge in [-0.05, 0) is 148 Å². The van der Waals surface area contributed by atoms with Crippen LogP contribution in [0.2, 0.25) is 0 Å². The zero-order valence-corrected chi connectivity index (χ0v) is 53.7. The van der Waals surface area contributed by atoms with Gasteiger partial charge in [-0.3, -0.25) is 14.4 Å². The van der Waals surface area contributed by atoms with Gasteiger partial charge in [0.05, 0.1) is 0 Å². The van der Waals surface area contributed by atoms with E-state index in [1.807, 2.05) is 0 Å². The normalized spacial score (nSPS) is 13.1. The van der Waals surface area contributed by atoms with Gasteiger partial charge in [-0.15, -0.1) is 0 Å². The third-order valence-electron chi connectivity index (χ3n) is 14.0. The van der Waals surface area contributed by atoms with Crippen LogP contribution in [-0.4, -0.2) is 37.2 Å². The van der Waals surface area contributed by atoms with E-state index in [9.17, 15) is 14.4 Å². The van der Waals surface area contributed by atoms with E-state index in [2.05, 4.69) is 179 Å². The van der Waals surface area contributed by atoms with Gasteiger partial charge in [0, 0.05) is 19.3 Å². The van der Waals surface area contributed by atoms with Gasteiger partial charge in [0.2, 0.25) is 0 Å². The fourth-order valence-electron chi connectivity index (χ4n) is 8.92. The third kappa shape index (κ3) is 67.7. The summed E-state index contributed by atoms with van der Waals surface area (Å²) in [4.78, 5) is 38.4. The van der Waals surface area contributed by atoms with Gasteiger partial charge in [-0.1, -0.05) is 281 Å². The maximum absolute atomic E-state index is 12.9. The molecule has 0 aromatic rings. The van der Waals surface area contributed by atoms with Crippen molar-refractivity contribution in [1.82, 2.24) is 0 Å². The van der Waals surface area contributed by atoms with E-state index in [-0.39, 0.29) is 37.5 Å². The predicted octanol–water partition coefficient (Wildman–Crippen LogP) is 23.7. The highest BCUT2D eigenvalue weighted by molar-refractivity contribution is 5.71. The summed E-state index contributed by atoms with van der Waals surface area (Å²) >= 11 is 0. The van der Waals surface area contributed by atoms with Crippen LogP contribution >= 0.6 is 0 Å². The van der Waals surface area contributed by atoms with Crippen molar-refractivity contribution in [3.8, 4) is 0 Å². The molecule has 6 heteroatoms. The lowest BCUT2D eigenvalue weighted by Gasteiger charge is -2.18. The minimum atomic E-state index is -0.817. The highest BCUT2D eigenvalue weighted by Gasteiger charge is 2.19. The molecular weight excluding hydrogens is 1020 g/mol. The summed E-state index contributed by atoms with van der Waals surface area (Å²) in [6, 6.07) is 0. The minimum absolute atomic E-state index is 0.107. The Hall–Kier alpha value is -4.97. The van der Waals surface area contributed by atoms with Crippen molar-refractivity contribution in [3.05, 3.63) is 158 Å². The molecule has 0 aromatic heterocycles. The van der Waals surface area contributed by atoms with Crippen LogP contribution in [0.3, 0.4) is 0 Å². The number of ether oxygens (including phenoxy) is 3. The number of unbranched alkanes of at least 4 members (excludes halogenated alkanes) is 23. The summed E-state index contributed by atoms with van der Waals surface area (Å²) in [5, 5.41) is 0.